The molecule has 3 rings (SSSR count). The summed E-state index contributed by atoms with van der Waals surface area (Å²) in [4.78, 5) is 16.7. The molecule has 0 spiro atoms. The Balaban J connectivity index is 1.73. The number of likely N-dealkylation sites (tertiary alicyclic amines) is 1. The minimum absolute atomic E-state index is 0.127. The first-order valence-electron chi connectivity index (χ1n) is 8.15. The number of hydrogen-bond donors (Lipinski definition) is 1. The van der Waals surface area contributed by atoms with E-state index in [1.165, 1.54) is 5.56 Å². The number of para-hydroxylation sites is 1. The molecule has 1 aliphatic heterocycles. The van der Waals surface area contributed by atoms with Crippen molar-refractivity contribution < 1.29 is 4.79 Å². The van der Waals surface area contributed by atoms with Gasteiger partial charge in [-0.25, -0.2) is 0 Å². The van der Waals surface area contributed by atoms with Gasteiger partial charge in [-0.05, 0) is 45.4 Å². The topological polar surface area (TPSA) is 52.2 Å². The second kappa shape index (κ2) is 6.54. The third-order valence-corrected chi connectivity index (χ3v) is 4.74. The Morgan fingerprint density at radius 2 is 2.09 bits per heavy atom. The van der Waals surface area contributed by atoms with Crippen LogP contribution in [-0.2, 0) is 4.79 Å². The van der Waals surface area contributed by atoms with Gasteiger partial charge in [-0.3, -0.25) is 14.8 Å². The number of aryl methyl sites for hydroxylation is 2. The molecule has 1 aromatic carbocycles. The molecule has 0 saturated carbocycles. The first-order valence-corrected chi connectivity index (χ1v) is 8.15. The second-order valence-electron chi connectivity index (χ2n) is 6.26. The molecule has 23 heavy (non-hydrogen) atoms. The van der Waals surface area contributed by atoms with E-state index in [1.54, 1.807) is 4.90 Å². The molecule has 5 heteroatoms. The number of rotatable bonds is 4. The highest BCUT2D eigenvalue weighted by Crippen LogP contribution is 2.34. The van der Waals surface area contributed by atoms with Crippen molar-refractivity contribution in [1.29, 1.82) is 0 Å². The molecular formula is C18H24N4O. The van der Waals surface area contributed by atoms with Crippen molar-refractivity contribution in [3.8, 4) is 0 Å². The van der Waals surface area contributed by atoms with Crippen LogP contribution in [0.5, 0.6) is 0 Å². The minimum Gasteiger partial charge on any atom is -0.314 e. The minimum atomic E-state index is 0.127. The number of nitrogens with zero attached hydrogens (tertiary/aromatic N) is 3. The maximum absolute atomic E-state index is 12.6. The van der Waals surface area contributed by atoms with Gasteiger partial charge < -0.3 is 4.90 Å². The van der Waals surface area contributed by atoms with Crippen LogP contribution in [0.3, 0.4) is 0 Å². The van der Waals surface area contributed by atoms with E-state index in [0.29, 0.717) is 12.6 Å². The Labute approximate surface area is 137 Å². The second-order valence-corrected chi connectivity index (χ2v) is 6.26. The van der Waals surface area contributed by atoms with E-state index in [1.807, 2.05) is 44.3 Å². The Kier molecular flexibility index (Phi) is 4.48. The van der Waals surface area contributed by atoms with Crippen molar-refractivity contribution in [2.24, 2.45) is 0 Å². The molecule has 0 unspecified atom stereocenters. The predicted molar refractivity (Wildman–Crippen MR) is 91.5 cm³/mol. The zero-order chi connectivity index (χ0) is 16.4. The molecule has 5 nitrogen and oxygen atoms in total. The zero-order valence-corrected chi connectivity index (χ0v) is 14.0. The summed E-state index contributed by atoms with van der Waals surface area (Å²) in [7, 11) is 1.84. The highest BCUT2D eigenvalue weighted by Gasteiger charge is 2.31. The quantitative estimate of drug-likeness (QED) is 0.944. The Morgan fingerprint density at radius 1 is 1.35 bits per heavy atom. The molecule has 1 amide bonds. The molecule has 0 aliphatic carbocycles. The molecule has 1 aliphatic rings. The van der Waals surface area contributed by atoms with Crippen molar-refractivity contribution in [3.05, 3.63) is 47.3 Å². The number of aromatic nitrogens is 2. The lowest BCUT2D eigenvalue weighted by Crippen LogP contribution is -2.38. The highest BCUT2D eigenvalue weighted by molar-refractivity contribution is 5.94. The van der Waals surface area contributed by atoms with Gasteiger partial charge >= 0.3 is 0 Å². The summed E-state index contributed by atoms with van der Waals surface area (Å²) in [5, 5.41) is 7.37. The predicted octanol–water partition coefficient (Wildman–Crippen LogP) is 2.83. The Bertz CT molecular complexity index is 660. The Hall–Kier alpha value is -2.14. The molecular weight excluding hydrogens is 288 g/mol. The molecule has 1 atom stereocenters. The number of H-pyrrole nitrogens is 1. The molecule has 2 heterocycles. The van der Waals surface area contributed by atoms with Crippen LogP contribution in [0.2, 0.25) is 0 Å². The fourth-order valence-electron chi connectivity index (χ4n) is 3.47. The van der Waals surface area contributed by atoms with Gasteiger partial charge in [0, 0.05) is 30.0 Å². The van der Waals surface area contributed by atoms with Crippen LogP contribution >= 0.6 is 0 Å². The molecule has 2 aromatic rings. The maximum Gasteiger partial charge on any atom is 0.240 e. The standard InChI is InChI=1S/C18H24N4O/c1-13-18(14(2)20-19-13)16-10-7-11-22(16)12-17(23)21(3)15-8-5-4-6-9-15/h4-6,8-9,16H,7,10-12H2,1-3H3,(H,19,20)/t16-/m1/s1. The molecule has 1 saturated heterocycles. The van der Waals surface area contributed by atoms with Crippen LogP contribution < -0.4 is 4.90 Å². The first-order chi connectivity index (χ1) is 11.1. The lowest BCUT2D eigenvalue weighted by Gasteiger charge is -2.27. The molecule has 0 radical (unpaired) electrons. The molecule has 1 N–H and O–H groups in total. The molecule has 1 aromatic heterocycles. The van der Waals surface area contributed by atoms with E-state index < -0.39 is 0 Å². The highest BCUT2D eigenvalue weighted by atomic mass is 16.2. The van der Waals surface area contributed by atoms with Crippen molar-refractivity contribution in [2.75, 3.05) is 25.0 Å². The van der Waals surface area contributed by atoms with Gasteiger partial charge in [-0.2, -0.15) is 5.10 Å². The van der Waals surface area contributed by atoms with E-state index in [9.17, 15) is 4.79 Å². The average molecular weight is 312 g/mol. The van der Waals surface area contributed by atoms with E-state index >= 15 is 0 Å². The SMILES string of the molecule is Cc1n[nH]c(C)c1[C@H]1CCCN1CC(=O)N(C)c1ccccc1. The lowest BCUT2D eigenvalue weighted by molar-refractivity contribution is -0.119. The van der Waals surface area contributed by atoms with Crippen LogP contribution in [0.25, 0.3) is 0 Å². The maximum atomic E-state index is 12.6. The largest absolute Gasteiger partial charge is 0.314 e. The summed E-state index contributed by atoms with van der Waals surface area (Å²) in [6.45, 7) is 5.50. The van der Waals surface area contributed by atoms with Crippen molar-refractivity contribution in [2.45, 2.75) is 32.7 Å². The molecule has 1 fully saturated rings. The third kappa shape index (κ3) is 3.15. The number of anilines is 1. The number of likely N-dealkylation sites (N-methyl/N-ethyl adjacent to an activating group) is 1. The normalized spacial score (nSPS) is 18.3. The van der Waals surface area contributed by atoms with Crippen molar-refractivity contribution in [1.82, 2.24) is 15.1 Å². The summed E-state index contributed by atoms with van der Waals surface area (Å²) >= 11 is 0. The fourth-order valence-corrected chi connectivity index (χ4v) is 3.47. The van der Waals surface area contributed by atoms with Gasteiger partial charge in [0.1, 0.15) is 0 Å². The van der Waals surface area contributed by atoms with Gasteiger partial charge in [0.25, 0.3) is 0 Å². The summed E-state index contributed by atoms with van der Waals surface area (Å²) in [5.41, 5.74) is 4.35. The fraction of sp³-hybridized carbons (Fsp3) is 0.444. The lowest BCUT2D eigenvalue weighted by atomic mass is 10.0. The van der Waals surface area contributed by atoms with E-state index in [4.69, 9.17) is 0 Å². The number of benzene rings is 1. The monoisotopic (exact) mass is 312 g/mol. The van der Waals surface area contributed by atoms with Gasteiger partial charge in [0.15, 0.2) is 0 Å². The summed E-state index contributed by atoms with van der Waals surface area (Å²) in [6.07, 6.45) is 2.21. The number of carbonyl (C=O) groups is 1. The number of carbonyl (C=O) groups excluding carboxylic acids is 1. The van der Waals surface area contributed by atoms with Gasteiger partial charge in [0.05, 0.1) is 12.2 Å². The average Bonchev–Trinajstić information content (AvgIpc) is 3.13. The summed E-state index contributed by atoms with van der Waals surface area (Å²) < 4.78 is 0. The van der Waals surface area contributed by atoms with E-state index in [2.05, 4.69) is 22.0 Å². The number of amides is 1. The van der Waals surface area contributed by atoms with Crippen LogP contribution in [0.4, 0.5) is 5.69 Å². The van der Waals surface area contributed by atoms with E-state index in [0.717, 1.165) is 36.5 Å². The van der Waals surface area contributed by atoms with Gasteiger partial charge in [0.2, 0.25) is 5.91 Å². The Morgan fingerprint density at radius 3 is 2.74 bits per heavy atom. The number of nitrogens with one attached hydrogen (secondary N) is 1. The van der Waals surface area contributed by atoms with Crippen molar-refractivity contribution in [3.63, 3.8) is 0 Å². The van der Waals surface area contributed by atoms with Crippen LogP contribution in [0, 0.1) is 13.8 Å². The number of aromatic amines is 1. The third-order valence-electron chi connectivity index (χ3n) is 4.74. The summed E-state index contributed by atoms with van der Waals surface area (Å²) in [5.74, 6) is 0.127. The van der Waals surface area contributed by atoms with Crippen LogP contribution in [0.15, 0.2) is 30.3 Å². The first kappa shape index (κ1) is 15.7. The van der Waals surface area contributed by atoms with Crippen LogP contribution in [0.1, 0.15) is 35.8 Å². The summed E-state index contributed by atoms with van der Waals surface area (Å²) in [6, 6.07) is 10.1. The van der Waals surface area contributed by atoms with Crippen LogP contribution in [-0.4, -0.2) is 41.1 Å². The van der Waals surface area contributed by atoms with Crippen molar-refractivity contribution >= 4 is 11.6 Å². The molecule has 0 bridgehead atoms. The van der Waals surface area contributed by atoms with Gasteiger partial charge in [-0.15, -0.1) is 0 Å². The smallest absolute Gasteiger partial charge is 0.240 e. The zero-order valence-electron chi connectivity index (χ0n) is 14.0. The number of hydrogen-bond acceptors (Lipinski definition) is 3. The molecule has 122 valence electrons. The van der Waals surface area contributed by atoms with Gasteiger partial charge in [-0.1, -0.05) is 18.2 Å². The van der Waals surface area contributed by atoms with E-state index in [-0.39, 0.29) is 5.91 Å².